The summed E-state index contributed by atoms with van der Waals surface area (Å²) >= 11 is 0. The van der Waals surface area contributed by atoms with Crippen LogP contribution in [0.2, 0.25) is 0 Å². The molecule has 0 saturated carbocycles. The highest BCUT2D eigenvalue weighted by atomic mass is 14.6. The summed E-state index contributed by atoms with van der Waals surface area (Å²) in [6.45, 7) is 6.85. The van der Waals surface area contributed by atoms with E-state index in [9.17, 15) is 0 Å². The maximum absolute atomic E-state index is 6.85. The van der Waals surface area contributed by atoms with Crippen LogP contribution in [0.4, 0.5) is 5.69 Å². The molecule has 1 aromatic heterocycles. The van der Waals surface area contributed by atoms with Gasteiger partial charge in [-0.25, -0.2) is 4.85 Å². The van der Waals surface area contributed by atoms with Crippen molar-refractivity contribution >= 4 is 17.8 Å². The highest BCUT2D eigenvalue weighted by Gasteiger charge is 1.90. The lowest BCUT2D eigenvalue weighted by Gasteiger charge is -1.94. The van der Waals surface area contributed by atoms with Crippen molar-refractivity contribution in [3.8, 4) is 0 Å². The standard InChI is InChI=1S/C14H10N2/c1-15-13-8-5-12(6-9-13)7-10-14-4-2-3-11-16-14/h2-11H/b10-7+. The molecular formula is C14H10N2. The van der Waals surface area contributed by atoms with E-state index in [0.29, 0.717) is 5.69 Å². The molecule has 0 unspecified atom stereocenters. The second-order valence-electron chi connectivity index (χ2n) is 3.29. The predicted molar refractivity (Wildman–Crippen MR) is 65.9 cm³/mol. The van der Waals surface area contributed by atoms with Crippen molar-refractivity contribution in [1.82, 2.24) is 4.98 Å². The number of hydrogen-bond donors (Lipinski definition) is 0. The van der Waals surface area contributed by atoms with Gasteiger partial charge in [0.25, 0.3) is 0 Å². The van der Waals surface area contributed by atoms with E-state index in [1.54, 1.807) is 6.20 Å². The molecule has 1 aromatic carbocycles. The lowest BCUT2D eigenvalue weighted by atomic mass is 10.2. The van der Waals surface area contributed by atoms with Crippen LogP contribution < -0.4 is 0 Å². The van der Waals surface area contributed by atoms with Crippen LogP contribution >= 0.6 is 0 Å². The first-order valence-electron chi connectivity index (χ1n) is 4.95. The van der Waals surface area contributed by atoms with E-state index < -0.39 is 0 Å². The number of hydrogen-bond acceptors (Lipinski definition) is 1. The molecule has 76 valence electrons. The zero-order valence-corrected chi connectivity index (χ0v) is 8.67. The molecule has 0 bridgehead atoms. The molecule has 0 N–H and O–H groups in total. The molecule has 0 aliphatic heterocycles. The van der Waals surface area contributed by atoms with Gasteiger partial charge < -0.3 is 0 Å². The van der Waals surface area contributed by atoms with E-state index in [0.717, 1.165) is 11.3 Å². The molecule has 0 radical (unpaired) electrons. The lowest BCUT2D eigenvalue weighted by Crippen LogP contribution is -1.76. The Morgan fingerprint density at radius 2 is 1.81 bits per heavy atom. The molecule has 2 heteroatoms. The first-order chi connectivity index (χ1) is 7.88. The first-order valence-corrected chi connectivity index (χ1v) is 4.95. The molecule has 0 amide bonds. The number of nitrogens with zero attached hydrogens (tertiary/aromatic N) is 2. The maximum atomic E-state index is 6.85. The molecule has 2 nitrogen and oxygen atoms in total. The molecule has 2 aromatic rings. The van der Waals surface area contributed by atoms with E-state index in [2.05, 4.69) is 9.83 Å². The van der Waals surface area contributed by atoms with Crippen molar-refractivity contribution in [3.63, 3.8) is 0 Å². The Bertz CT molecular complexity index is 519. The van der Waals surface area contributed by atoms with Gasteiger partial charge in [-0.3, -0.25) is 4.98 Å². The van der Waals surface area contributed by atoms with Gasteiger partial charge in [0.05, 0.1) is 12.3 Å². The Morgan fingerprint density at radius 1 is 1.00 bits per heavy atom. The highest BCUT2D eigenvalue weighted by molar-refractivity contribution is 5.68. The van der Waals surface area contributed by atoms with Gasteiger partial charge in [-0.15, -0.1) is 0 Å². The number of benzene rings is 1. The van der Waals surface area contributed by atoms with E-state index in [1.807, 2.05) is 54.6 Å². The Kier molecular flexibility index (Phi) is 3.10. The van der Waals surface area contributed by atoms with Crippen LogP contribution in [0.3, 0.4) is 0 Å². The topological polar surface area (TPSA) is 17.2 Å². The van der Waals surface area contributed by atoms with Crippen LogP contribution in [0, 0.1) is 6.57 Å². The predicted octanol–water partition coefficient (Wildman–Crippen LogP) is 3.80. The van der Waals surface area contributed by atoms with Gasteiger partial charge in [-0.05, 0) is 23.8 Å². The third-order valence-corrected chi connectivity index (χ3v) is 2.16. The summed E-state index contributed by atoms with van der Waals surface area (Å²) in [5.74, 6) is 0. The smallest absolute Gasteiger partial charge is 0.187 e. The van der Waals surface area contributed by atoms with Crippen molar-refractivity contribution < 1.29 is 0 Å². The summed E-state index contributed by atoms with van der Waals surface area (Å²) in [5.41, 5.74) is 2.66. The Labute approximate surface area is 94.7 Å². The normalized spacial score (nSPS) is 10.2. The fourth-order valence-corrected chi connectivity index (χ4v) is 1.32. The average Bonchev–Trinajstić information content (AvgIpc) is 2.38. The molecule has 0 aliphatic rings. The van der Waals surface area contributed by atoms with Crippen molar-refractivity contribution in [2.24, 2.45) is 0 Å². The first kappa shape index (κ1) is 10.1. The monoisotopic (exact) mass is 206 g/mol. The molecule has 0 saturated heterocycles. The number of pyridine rings is 1. The summed E-state index contributed by atoms with van der Waals surface area (Å²) in [6.07, 6.45) is 5.70. The van der Waals surface area contributed by atoms with Gasteiger partial charge in [0.15, 0.2) is 5.69 Å². The van der Waals surface area contributed by atoms with Crippen LogP contribution in [0.5, 0.6) is 0 Å². The molecule has 2 rings (SSSR count). The Hall–Kier alpha value is -2.40. The Morgan fingerprint density at radius 3 is 2.44 bits per heavy atom. The lowest BCUT2D eigenvalue weighted by molar-refractivity contribution is 1.30. The van der Waals surface area contributed by atoms with Crippen molar-refractivity contribution in [1.29, 1.82) is 0 Å². The third kappa shape index (κ3) is 2.55. The van der Waals surface area contributed by atoms with Crippen molar-refractivity contribution in [2.75, 3.05) is 0 Å². The minimum atomic E-state index is 0.662. The Balaban J connectivity index is 2.15. The molecule has 0 atom stereocenters. The van der Waals surface area contributed by atoms with Gasteiger partial charge in [0, 0.05) is 6.20 Å². The second kappa shape index (κ2) is 4.90. The van der Waals surface area contributed by atoms with Crippen molar-refractivity contribution in [2.45, 2.75) is 0 Å². The van der Waals surface area contributed by atoms with E-state index >= 15 is 0 Å². The van der Waals surface area contributed by atoms with Gasteiger partial charge >= 0.3 is 0 Å². The maximum Gasteiger partial charge on any atom is 0.187 e. The SMILES string of the molecule is [C-]#[N+]c1ccc(/C=C/c2ccccn2)cc1. The second-order valence-corrected chi connectivity index (χ2v) is 3.29. The van der Waals surface area contributed by atoms with Crippen LogP contribution in [0.1, 0.15) is 11.3 Å². The quantitative estimate of drug-likeness (QED) is 0.683. The van der Waals surface area contributed by atoms with Gasteiger partial charge in [-0.1, -0.05) is 36.4 Å². The molecule has 16 heavy (non-hydrogen) atoms. The average molecular weight is 206 g/mol. The van der Waals surface area contributed by atoms with E-state index in [4.69, 9.17) is 6.57 Å². The minimum absolute atomic E-state index is 0.662. The summed E-state index contributed by atoms with van der Waals surface area (Å²) in [6, 6.07) is 13.3. The minimum Gasteiger partial charge on any atom is -0.257 e. The van der Waals surface area contributed by atoms with Crippen LogP contribution in [0.15, 0.2) is 48.7 Å². The molecular weight excluding hydrogens is 196 g/mol. The number of aromatic nitrogens is 1. The van der Waals surface area contributed by atoms with Crippen molar-refractivity contribution in [3.05, 3.63) is 71.3 Å². The zero-order chi connectivity index (χ0) is 11.2. The molecule has 0 fully saturated rings. The van der Waals surface area contributed by atoms with Crippen LogP contribution in [0.25, 0.3) is 17.0 Å². The largest absolute Gasteiger partial charge is 0.257 e. The highest BCUT2D eigenvalue weighted by Crippen LogP contribution is 2.14. The number of rotatable bonds is 2. The summed E-state index contributed by atoms with van der Waals surface area (Å²) < 4.78 is 0. The van der Waals surface area contributed by atoms with Crippen LogP contribution in [-0.2, 0) is 0 Å². The zero-order valence-electron chi connectivity index (χ0n) is 8.67. The fourth-order valence-electron chi connectivity index (χ4n) is 1.32. The van der Waals surface area contributed by atoms with Crippen LogP contribution in [-0.4, -0.2) is 4.98 Å². The van der Waals surface area contributed by atoms with E-state index in [-0.39, 0.29) is 0 Å². The summed E-state index contributed by atoms with van der Waals surface area (Å²) in [4.78, 5) is 7.54. The van der Waals surface area contributed by atoms with Gasteiger partial charge in [0.2, 0.25) is 0 Å². The summed E-state index contributed by atoms with van der Waals surface area (Å²) in [5, 5.41) is 0. The fraction of sp³-hybridized carbons (Fsp3) is 0. The molecule has 1 heterocycles. The van der Waals surface area contributed by atoms with Gasteiger partial charge in [-0.2, -0.15) is 0 Å². The molecule has 0 aliphatic carbocycles. The van der Waals surface area contributed by atoms with E-state index in [1.165, 1.54) is 0 Å². The van der Waals surface area contributed by atoms with Gasteiger partial charge in [0.1, 0.15) is 0 Å². The molecule has 0 spiro atoms. The summed E-state index contributed by atoms with van der Waals surface area (Å²) in [7, 11) is 0. The third-order valence-electron chi connectivity index (χ3n) is 2.16.